The van der Waals surface area contributed by atoms with Crippen LogP contribution in [-0.2, 0) is 0 Å². The lowest BCUT2D eigenvalue weighted by molar-refractivity contribution is 0.289. The fraction of sp³-hybridized carbons (Fsp3) is 0.444. The van der Waals surface area contributed by atoms with Crippen molar-refractivity contribution < 1.29 is 5.11 Å². The zero-order valence-electron chi connectivity index (χ0n) is 12.2. The first-order valence-corrected chi connectivity index (χ1v) is 6.88. The molecule has 1 rings (SSSR count). The minimum atomic E-state index is -0.0182. The Hall–Kier alpha value is -1.52. The maximum Gasteiger partial charge on any atom is 0.0433 e. The summed E-state index contributed by atoms with van der Waals surface area (Å²) in [6.45, 7) is 6.75. The predicted octanol–water partition coefficient (Wildman–Crippen LogP) is 4.17. The van der Waals surface area contributed by atoms with Gasteiger partial charge >= 0.3 is 0 Å². The average Bonchev–Trinajstić information content (AvgIpc) is 2.37. The van der Waals surface area contributed by atoms with Gasteiger partial charge in [0.2, 0.25) is 0 Å². The first-order chi connectivity index (χ1) is 9.03. The van der Waals surface area contributed by atoms with Crippen molar-refractivity contribution in [1.29, 1.82) is 0 Å². The molecule has 1 heteroatoms. The molecule has 0 radical (unpaired) electrons. The number of aliphatic hydroxyl groups is 1. The van der Waals surface area contributed by atoms with Crippen LogP contribution in [-0.4, -0.2) is 11.7 Å². The largest absolute Gasteiger partial charge is 0.396 e. The molecule has 0 heterocycles. The summed E-state index contributed by atoms with van der Waals surface area (Å²) in [6, 6.07) is 10.1. The molecular formula is C18H24O. The van der Waals surface area contributed by atoms with E-state index in [1.807, 2.05) is 30.3 Å². The van der Waals surface area contributed by atoms with Crippen molar-refractivity contribution in [3.05, 3.63) is 47.5 Å². The van der Waals surface area contributed by atoms with Gasteiger partial charge in [0, 0.05) is 17.6 Å². The zero-order chi connectivity index (χ0) is 14.1. The highest BCUT2D eigenvalue weighted by molar-refractivity contribution is 5.35. The first-order valence-electron chi connectivity index (χ1n) is 6.88. The Labute approximate surface area is 117 Å². The van der Waals surface area contributed by atoms with Gasteiger partial charge in [-0.1, -0.05) is 41.7 Å². The highest BCUT2D eigenvalue weighted by atomic mass is 16.2. The van der Waals surface area contributed by atoms with E-state index in [1.165, 1.54) is 5.57 Å². The Kier molecular flexibility index (Phi) is 6.39. The number of unbranched alkanes of at least 4 members (excludes halogenated alkanes) is 1. The summed E-state index contributed by atoms with van der Waals surface area (Å²) >= 11 is 0. The van der Waals surface area contributed by atoms with Crippen LogP contribution in [0.2, 0.25) is 0 Å². The van der Waals surface area contributed by atoms with Crippen molar-refractivity contribution in [3.63, 3.8) is 0 Å². The third-order valence-electron chi connectivity index (χ3n) is 2.89. The normalized spacial score (nSPS) is 11.9. The molecule has 1 aromatic carbocycles. The number of aliphatic hydroxyl groups excluding tert-OH is 1. The van der Waals surface area contributed by atoms with Crippen LogP contribution in [0.5, 0.6) is 0 Å². The van der Waals surface area contributed by atoms with E-state index in [9.17, 15) is 0 Å². The van der Waals surface area contributed by atoms with Gasteiger partial charge in [0.25, 0.3) is 0 Å². The van der Waals surface area contributed by atoms with Crippen LogP contribution in [0.4, 0.5) is 0 Å². The summed E-state index contributed by atoms with van der Waals surface area (Å²) in [6.07, 6.45) is 4.97. The topological polar surface area (TPSA) is 20.2 Å². The minimum Gasteiger partial charge on any atom is -0.396 e. The summed E-state index contributed by atoms with van der Waals surface area (Å²) in [5.74, 6) is 6.60. The standard InChI is InChI=1S/C18H24O/c1-16(9-7-8-14-19)15-18(2,3)13-12-17-10-5-4-6-11-17/h4-6,9-11,19H,7-8,14-15H2,1-3H3/b16-9+. The number of allylic oxidation sites excluding steroid dienone is 2. The van der Waals surface area contributed by atoms with Crippen LogP contribution in [0.3, 0.4) is 0 Å². The molecule has 0 saturated carbocycles. The smallest absolute Gasteiger partial charge is 0.0433 e. The monoisotopic (exact) mass is 256 g/mol. The molecule has 0 unspecified atom stereocenters. The highest BCUT2D eigenvalue weighted by Crippen LogP contribution is 2.24. The molecule has 0 bridgehead atoms. The maximum absolute atomic E-state index is 8.77. The molecule has 19 heavy (non-hydrogen) atoms. The summed E-state index contributed by atoms with van der Waals surface area (Å²) in [5, 5.41) is 8.77. The van der Waals surface area contributed by atoms with Crippen LogP contribution in [0.25, 0.3) is 0 Å². The van der Waals surface area contributed by atoms with E-state index < -0.39 is 0 Å². The van der Waals surface area contributed by atoms with E-state index in [4.69, 9.17) is 5.11 Å². The van der Waals surface area contributed by atoms with Gasteiger partial charge in [-0.2, -0.15) is 0 Å². The van der Waals surface area contributed by atoms with Crippen molar-refractivity contribution in [2.75, 3.05) is 6.61 Å². The molecule has 0 saturated heterocycles. The van der Waals surface area contributed by atoms with Crippen molar-refractivity contribution in [3.8, 4) is 11.8 Å². The minimum absolute atomic E-state index is 0.0182. The second-order valence-corrected chi connectivity index (χ2v) is 5.59. The molecule has 1 nitrogen and oxygen atoms in total. The Morgan fingerprint density at radius 1 is 1.26 bits per heavy atom. The first kappa shape index (κ1) is 15.5. The van der Waals surface area contributed by atoms with Gasteiger partial charge in [0.15, 0.2) is 0 Å². The van der Waals surface area contributed by atoms with E-state index in [-0.39, 0.29) is 12.0 Å². The molecule has 0 amide bonds. The van der Waals surface area contributed by atoms with Crippen LogP contribution in [0, 0.1) is 17.3 Å². The molecule has 0 spiro atoms. The molecule has 1 aromatic rings. The molecule has 1 N–H and O–H groups in total. The molecular weight excluding hydrogens is 232 g/mol. The summed E-state index contributed by atoms with van der Waals surface area (Å²) in [5.41, 5.74) is 2.40. The molecule has 0 aromatic heterocycles. The lowest BCUT2D eigenvalue weighted by Crippen LogP contribution is -2.08. The Morgan fingerprint density at radius 3 is 2.58 bits per heavy atom. The summed E-state index contributed by atoms with van der Waals surface area (Å²) in [7, 11) is 0. The van der Waals surface area contributed by atoms with E-state index >= 15 is 0 Å². The van der Waals surface area contributed by atoms with E-state index in [0.717, 1.165) is 24.8 Å². The predicted molar refractivity (Wildman–Crippen MR) is 81.8 cm³/mol. The SMILES string of the molecule is C/C(=C\CCCO)CC(C)(C)C#Cc1ccccc1. The molecule has 0 aliphatic carbocycles. The van der Waals surface area contributed by atoms with Crippen LogP contribution < -0.4 is 0 Å². The van der Waals surface area contributed by atoms with Gasteiger partial charge in [0.05, 0.1) is 0 Å². The lowest BCUT2D eigenvalue weighted by atomic mass is 9.86. The van der Waals surface area contributed by atoms with Gasteiger partial charge < -0.3 is 5.11 Å². The van der Waals surface area contributed by atoms with Crippen LogP contribution in [0.15, 0.2) is 42.0 Å². The van der Waals surface area contributed by atoms with Crippen molar-refractivity contribution in [2.24, 2.45) is 5.41 Å². The second-order valence-electron chi connectivity index (χ2n) is 5.59. The van der Waals surface area contributed by atoms with Crippen molar-refractivity contribution in [2.45, 2.75) is 40.0 Å². The van der Waals surface area contributed by atoms with E-state index in [0.29, 0.717) is 0 Å². The van der Waals surface area contributed by atoms with E-state index in [2.05, 4.69) is 38.7 Å². The average molecular weight is 256 g/mol. The molecule has 102 valence electrons. The Balaban J connectivity index is 2.61. The van der Waals surface area contributed by atoms with E-state index in [1.54, 1.807) is 0 Å². The summed E-state index contributed by atoms with van der Waals surface area (Å²) in [4.78, 5) is 0. The Morgan fingerprint density at radius 2 is 1.95 bits per heavy atom. The number of hydrogen-bond acceptors (Lipinski definition) is 1. The Bertz CT molecular complexity index is 457. The van der Waals surface area contributed by atoms with Gasteiger partial charge in [-0.15, -0.1) is 0 Å². The van der Waals surface area contributed by atoms with Gasteiger partial charge in [-0.3, -0.25) is 0 Å². The van der Waals surface area contributed by atoms with Crippen molar-refractivity contribution in [1.82, 2.24) is 0 Å². The van der Waals surface area contributed by atoms with Crippen LogP contribution >= 0.6 is 0 Å². The number of rotatable bonds is 5. The van der Waals surface area contributed by atoms with Crippen molar-refractivity contribution >= 4 is 0 Å². The second kappa shape index (κ2) is 7.81. The third kappa shape index (κ3) is 6.84. The maximum atomic E-state index is 8.77. The molecule has 0 fully saturated rings. The van der Waals surface area contributed by atoms with Gasteiger partial charge in [0.1, 0.15) is 0 Å². The van der Waals surface area contributed by atoms with Gasteiger partial charge in [-0.05, 0) is 52.2 Å². The number of benzene rings is 1. The fourth-order valence-electron chi connectivity index (χ4n) is 2.02. The third-order valence-corrected chi connectivity index (χ3v) is 2.89. The van der Waals surface area contributed by atoms with Crippen LogP contribution in [0.1, 0.15) is 45.6 Å². The molecule has 0 aliphatic heterocycles. The summed E-state index contributed by atoms with van der Waals surface area (Å²) < 4.78 is 0. The lowest BCUT2D eigenvalue weighted by Gasteiger charge is -2.17. The highest BCUT2D eigenvalue weighted by Gasteiger charge is 2.14. The molecule has 0 atom stereocenters. The quantitative estimate of drug-likeness (QED) is 0.476. The molecule has 0 aliphatic rings. The van der Waals surface area contributed by atoms with Gasteiger partial charge in [-0.25, -0.2) is 0 Å². The number of hydrogen-bond donors (Lipinski definition) is 1. The fourth-order valence-corrected chi connectivity index (χ4v) is 2.02. The zero-order valence-corrected chi connectivity index (χ0v) is 12.2.